The maximum Gasteiger partial charge on any atom is 0.234 e. The van der Waals surface area contributed by atoms with Crippen molar-refractivity contribution in [1.82, 2.24) is 5.43 Å². The van der Waals surface area contributed by atoms with Gasteiger partial charge in [-0.3, -0.25) is 10.2 Å². The largest absolute Gasteiger partial charge is 0.385 e. The van der Waals surface area contributed by atoms with E-state index in [-0.39, 0.29) is 18.1 Å². The fourth-order valence-electron chi connectivity index (χ4n) is 1.42. The highest BCUT2D eigenvalue weighted by molar-refractivity contribution is 5.91. The second-order valence-corrected chi connectivity index (χ2v) is 3.43. The lowest BCUT2D eigenvalue weighted by atomic mass is 9.94. The molecular weight excluding hydrogens is 225 g/mol. The van der Waals surface area contributed by atoms with E-state index < -0.39 is 11.8 Å². The van der Waals surface area contributed by atoms with E-state index in [9.17, 15) is 9.18 Å². The van der Waals surface area contributed by atoms with Crippen LogP contribution in [0.5, 0.6) is 0 Å². The molecule has 0 aliphatic heterocycles. The van der Waals surface area contributed by atoms with E-state index in [1.807, 2.05) is 5.43 Å². The fourth-order valence-corrected chi connectivity index (χ4v) is 1.42. The maximum atomic E-state index is 12.8. The number of nitrogens with one attached hydrogen (secondary N) is 1. The summed E-state index contributed by atoms with van der Waals surface area (Å²) in [5, 5.41) is 3.35. The summed E-state index contributed by atoms with van der Waals surface area (Å²) in [6.07, 6.45) is -0.00529. The van der Waals surface area contributed by atoms with Gasteiger partial charge in [0.15, 0.2) is 0 Å². The van der Waals surface area contributed by atoms with Crippen molar-refractivity contribution >= 4 is 11.7 Å². The minimum Gasteiger partial charge on any atom is -0.385 e. The van der Waals surface area contributed by atoms with Gasteiger partial charge in [-0.05, 0) is 17.7 Å². The van der Waals surface area contributed by atoms with Crippen molar-refractivity contribution in [3.05, 3.63) is 35.6 Å². The Hall–Kier alpha value is -2.15. The van der Waals surface area contributed by atoms with Crippen LogP contribution >= 0.6 is 0 Å². The molecule has 1 aromatic carbocycles. The molecule has 0 radical (unpaired) electrons. The maximum absolute atomic E-state index is 12.8. The quantitative estimate of drug-likeness (QED) is 0.186. The molecule has 0 bridgehead atoms. The van der Waals surface area contributed by atoms with E-state index in [0.717, 1.165) is 0 Å². The number of hydrogen-bond donors (Lipinski definition) is 4. The minimum absolute atomic E-state index is 0.00529. The lowest BCUT2D eigenvalue weighted by molar-refractivity contribution is -0.121. The van der Waals surface area contributed by atoms with Gasteiger partial charge >= 0.3 is 0 Å². The summed E-state index contributed by atoms with van der Waals surface area (Å²) in [7, 11) is 0. The van der Waals surface area contributed by atoms with Crippen LogP contribution in [0.15, 0.2) is 29.4 Å². The lowest BCUT2D eigenvalue weighted by Crippen LogP contribution is -2.34. The molecule has 0 spiro atoms. The van der Waals surface area contributed by atoms with Crippen molar-refractivity contribution in [2.45, 2.75) is 12.3 Å². The molecule has 1 atom stereocenters. The standard InChI is InChI=1S/C10H14FN5O/c11-7-3-1-6(2-4-7)8(10(12)16-14)5-9(17)15-13/h1-4,8H,5,13-14H2,(H2,12,16)(H,15,17). The SMILES string of the molecule is N/N=C(/N)C(CC(=O)NN)c1ccc(F)cc1. The molecule has 1 rings (SSSR count). The first kappa shape index (κ1) is 12.9. The predicted octanol–water partition coefficient (Wildman–Crippen LogP) is -0.480. The Kier molecular flexibility index (Phi) is 4.41. The Bertz CT molecular complexity index is 417. The van der Waals surface area contributed by atoms with Crippen molar-refractivity contribution in [1.29, 1.82) is 0 Å². The first-order valence-electron chi connectivity index (χ1n) is 4.86. The number of hydrazone groups is 1. The molecule has 6 nitrogen and oxygen atoms in total. The van der Waals surface area contributed by atoms with E-state index in [1.54, 1.807) is 0 Å². The highest BCUT2D eigenvalue weighted by Crippen LogP contribution is 2.20. The van der Waals surface area contributed by atoms with Gasteiger partial charge in [-0.15, -0.1) is 0 Å². The molecule has 0 saturated carbocycles. The van der Waals surface area contributed by atoms with Gasteiger partial charge in [-0.2, -0.15) is 5.10 Å². The van der Waals surface area contributed by atoms with Gasteiger partial charge in [0.1, 0.15) is 11.7 Å². The van der Waals surface area contributed by atoms with Crippen LogP contribution < -0.4 is 22.8 Å². The normalized spacial score (nSPS) is 13.2. The number of carbonyl (C=O) groups excluding carboxylic acids is 1. The van der Waals surface area contributed by atoms with Crippen LogP contribution in [-0.4, -0.2) is 11.7 Å². The second-order valence-electron chi connectivity index (χ2n) is 3.43. The zero-order chi connectivity index (χ0) is 12.8. The highest BCUT2D eigenvalue weighted by atomic mass is 19.1. The van der Waals surface area contributed by atoms with Crippen LogP contribution in [-0.2, 0) is 4.79 Å². The number of carbonyl (C=O) groups is 1. The van der Waals surface area contributed by atoms with Crippen LogP contribution in [0.1, 0.15) is 17.9 Å². The van der Waals surface area contributed by atoms with Gasteiger partial charge in [0.25, 0.3) is 0 Å². The van der Waals surface area contributed by atoms with Crippen LogP contribution in [0, 0.1) is 5.82 Å². The monoisotopic (exact) mass is 239 g/mol. The van der Waals surface area contributed by atoms with Gasteiger partial charge < -0.3 is 11.6 Å². The zero-order valence-electron chi connectivity index (χ0n) is 9.06. The molecule has 0 aliphatic rings. The van der Waals surface area contributed by atoms with E-state index >= 15 is 0 Å². The van der Waals surface area contributed by atoms with Crippen molar-refractivity contribution in [3.63, 3.8) is 0 Å². The number of amides is 1. The van der Waals surface area contributed by atoms with E-state index in [1.165, 1.54) is 24.3 Å². The Balaban J connectivity index is 2.98. The first-order valence-corrected chi connectivity index (χ1v) is 4.86. The van der Waals surface area contributed by atoms with Gasteiger partial charge in [0.05, 0.1) is 5.92 Å². The number of nitrogens with zero attached hydrogens (tertiary/aromatic N) is 1. The summed E-state index contributed by atoms with van der Waals surface area (Å²) in [5.74, 6) is 8.85. The molecule has 1 unspecified atom stereocenters. The third-order valence-corrected chi connectivity index (χ3v) is 2.33. The van der Waals surface area contributed by atoms with Crippen molar-refractivity contribution < 1.29 is 9.18 Å². The Morgan fingerprint density at radius 1 is 1.41 bits per heavy atom. The fraction of sp³-hybridized carbons (Fsp3) is 0.200. The van der Waals surface area contributed by atoms with Gasteiger partial charge in [-0.25, -0.2) is 10.2 Å². The predicted molar refractivity (Wildman–Crippen MR) is 61.9 cm³/mol. The second kappa shape index (κ2) is 5.80. The van der Waals surface area contributed by atoms with E-state index in [0.29, 0.717) is 5.56 Å². The number of amidine groups is 1. The number of hydrogen-bond acceptors (Lipinski definition) is 4. The van der Waals surface area contributed by atoms with Crippen molar-refractivity contribution in [2.24, 2.45) is 22.5 Å². The van der Waals surface area contributed by atoms with Crippen molar-refractivity contribution in [3.8, 4) is 0 Å². The Morgan fingerprint density at radius 2 is 2.00 bits per heavy atom. The summed E-state index contributed by atoms with van der Waals surface area (Å²) >= 11 is 0. The van der Waals surface area contributed by atoms with Crippen LogP contribution in [0.25, 0.3) is 0 Å². The molecule has 0 fully saturated rings. The van der Waals surface area contributed by atoms with E-state index in [2.05, 4.69) is 5.10 Å². The van der Waals surface area contributed by atoms with Gasteiger partial charge in [0.2, 0.25) is 5.91 Å². The van der Waals surface area contributed by atoms with Crippen LogP contribution in [0.4, 0.5) is 4.39 Å². The highest BCUT2D eigenvalue weighted by Gasteiger charge is 2.19. The summed E-state index contributed by atoms with van der Waals surface area (Å²) in [4.78, 5) is 11.2. The summed E-state index contributed by atoms with van der Waals surface area (Å²) < 4.78 is 12.8. The summed E-state index contributed by atoms with van der Waals surface area (Å²) in [6.45, 7) is 0. The molecule has 0 saturated heterocycles. The molecule has 0 heterocycles. The minimum atomic E-state index is -0.524. The van der Waals surface area contributed by atoms with Crippen LogP contribution in [0.2, 0.25) is 0 Å². The van der Waals surface area contributed by atoms with E-state index in [4.69, 9.17) is 17.4 Å². The Morgan fingerprint density at radius 3 is 2.47 bits per heavy atom. The van der Waals surface area contributed by atoms with Gasteiger partial charge in [0, 0.05) is 6.42 Å². The molecule has 0 aromatic heterocycles. The number of benzene rings is 1. The Labute approximate surface area is 97.6 Å². The lowest BCUT2D eigenvalue weighted by Gasteiger charge is -2.15. The molecular formula is C10H14FN5O. The molecule has 1 amide bonds. The third-order valence-electron chi connectivity index (χ3n) is 2.33. The van der Waals surface area contributed by atoms with Crippen molar-refractivity contribution in [2.75, 3.05) is 0 Å². The molecule has 7 N–H and O–H groups in total. The number of nitrogens with two attached hydrogens (primary N) is 3. The summed E-state index contributed by atoms with van der Waals surface area (Å²) in [5.41, 5.74) is 8.23. The topological polar surface area (TPSA) is 120 Å². The number of halogens is 1. The first-order chi connectivity index (χ1) is 8.08. The number of rotatable bonds is 4. The van der Waals surface area contributed by atoms with Crippen LogP contribution in [0.3, 0.4) is 0 Å². The molecule has 7 heteroatoms. The molecule has 1 aromatic rings. The van der Waals surface area contributed by atoms with Gasteiger partial charge in [-0.1, -0.05) is 12.1 Å². The third kappa shape index (κ3) is 3.42. The zero-order valence-corrected chi connectivity index (χ0v) is 9.06. The molecule has 0 aliphatic carbocycles. The average Bonchev–Trinajstić information content (AvgIpc) is 2.36. The smallest absolute Gasteiger partial charge is 0.234 e. The number of hydrazine groups is 1. The summed E-state index contributed by atoms with van der Waals surface area (Å²) in [6, 6.07) is 5.57. The average molecular weight is 239 g/mol. The molecule has 92 valence electrons. The molecule has 17 heavy (non-hydrogen) atoms.